The first kappa shape index (κ1) is 14.0. The second-order valence-electron chi connectivity index (χ2n) is 4.66. The van der Waals surface area contributed by atoms with Crippen LogP contribution in [0, 0.1) is 0 Å². The van der Waals surface area contributed by atoms with Gasteiger partial charge in [0.05, 0.1) is 31.5 Å². The highest BCUT2D eigenvalue weighted by atomic mass is 16.5. The summed E-state index contributed by atoms with van der Waals surface area (Å²) >= 11 is 0. The van der Waals surface area contributed by atoms with Crippen LogP contribution in [-0.2, 0) is 20.8 Å². The second-order valence-corrected chi connectivity index (χ2v) is 4.66. The van der Waals surface area contributed by atoms with Gasteiger partial charge in [0.15, 0.2) is 0 Å². The number of hydrogen-bond acceptors (Lipinski definition) is 5. The summed E-state index contributed by atoms with van der Waals surface area (Å²) in [6, 6.07) is 0.109. The van der Waals surface area contributed by atoms with E-state index in [9.17, 15) is 4.79 Å². The van der Waals surface area contributed by atoms with E-state index in [-0.39, 0.29) is 18.1 Å². The monoisotopic (exact) mass is 268 g/mol. The van der Waals surface area contributed by atoms with E-state index in [4.69, 9.17) is 9.47 Å². The molecule has 2 atom stereocenters. The Morgan fingerprint density at radius 2 is 2.32 bits per heavy atom. The highest BCUT2D eigenvalue weighted by Crippen LogP contribution is 2.21. The lowest BCUT2D eigenvalue weighted by atomic mass is 10.2. The number of aryl methyl sites for hydroxylation is 1. The zero-order valence-electron chi connectivity index (χ0n) is 11.4. The number of hydrogen-bond donors (Lipinski definition) is 0. The Labute approximate surface area is 112 Å². The van der Waals surface area contributed by atoms with Crippen molar-refractivity contribution < 1.29 is 14.3 Å². The van der Waals surface area contributed by atoms with Crippen LogP contribution in [-0.4, -0.2) is 65.3 Å². The number of amides is 1. The van der Waals surface area contributed by atoms with Gasteiger partial charge in [-0.25, -0.2) is 0 Å². The highest BCUT2D eigenvalue weighted by molar-refractivity contribution is 5.76. The molecule has 19 heavy (non-hydrogen) atoms. The van der Waals surface area contributed by atoms with Crippen molar-refractivity contribution in [2.24, 2.45) is 0 Å². The molecule has 0 unspecified atom stereocenters. The molecule has 1 aromatic rings. The van der Waals surface area contributed by atoms with E-state index in [0.29, 0.717) is 26.1 Å². The van der Waals surface area contributed by atoms with Crippen molar-refractivity contribution in [2.45, 2.75) is 31.5 Å². The first-order valence-electron chi connectivity index (χ1n) is 6.40. The normalized spacial score (nSPS) is 22.9. The maximum Gasteiger partial charge on any atom is 0.224 e. The number of aromatic nitrogens is 3. The fourth-order valence-electron chi connectivity index (χ4n) is 2.41. The van der Waals surface area contributed by atoms with Crippen molar-refractivity contribution >= 4 is 5.91 Å². The highest BCUT2D eigenvalue weighted by Gasteiger charge is 2.34. The zero-order valence-corrected chi connectivity index (χ0v) is 11.4. The Hall–Kier alpha value is -1.47. The maximum absolute atomic E-state index is 12.2. The summed E-state index contributed by atoms with van der Waals surface area (Å²) in [7, 11) is 3.33. The molecule has 0 saturated carbocycles. The maximum atomic E-state index is 12.2. The number of carbonyl (C=O) groups is 1. The van der Waals surface area contributed by atoms with E-state index in [0.717, 1.165) is 6.42 Å². The molecule has 0 aliphatic carbocycles. The number of likely N-dealkylation sites (tertiary alicyclic amines) is 1. The molecule has 2 rings (SSSR count). The lowest BCUT2D eigenvalue weighted by molar-refractivity contribution is -0.133. The van der Waals surface area contributed by atoms with Crippen LogP contribution in [0.4, 0.5) is 0 Å². The molecule has 0 aromatic carbocycles. The first-order valence-corrected chi connectivity index (χ1v) is 6.40. The molecule has 0 radical (unpaired) electrons. The summed E-state index contributed by atoms with van der Waals surface area (Å²) in [6.07, 6.45) is 4.71. The Kier molecular flexibility index (Phi) is 4.86. The van der Waals surface area contributed by atoms with E-state index in [1.54, 1.807) is 31.3 Å². The largest absolute Gasteiger partial charge is 0.383 e. The Balaban J connectivity index is 1.88. The van der Waals surface area contributed by atoms with Gasteiger partial charge < -0.3 is 14.4 Å². The van der Waals surface area contributed by atoms with Crippen molar-refractivity contribution in [3.05, 3.63) is 12.4 Å². The van der Waals surface area contributed by atoms with Crippen molar-refractivity contribution in [3.8, 4) is 0 Å². The fraction of sp³-hybridized carbons (Fsp3) is 0.750. The molecule has 1 aliphatic heterocycles. The summed E-state index contributed by atoms with van der Waals surface area (Å²) in [4.78, 5) is 14.1. The minimum atomic E-state index is 0.107. The van der Waals surface area contributed by atoms with Gasteiger partial charge in [-0.3, -0.25) is 9.48 Å². The first-order chi connectivity index (χ1) is 9.24. The number of methoxy groups -OCH3 is 2. The molecule has 0 N–H and O–H groups in total. The minimum absolute atomic E-state index is 0.107. The van der Waals surface area contributed by atoms with Gasteiger partial charge in [-0.05, 0) is 6.42 Å². The zero-order chi connectivity index (χ0) is 13.7. The van der Waals surface area contributed by atoms with Gasteiger partial charge in [-0.15, -0.1) is 5.10 Å². The van der Waals surface area contributed by atoms with Gasteiger partial charge in [0.25, 0.3) is 0 Å². The third-order valence-corrected chi connectivity index (χ3v) is 3.42. The number of carbonyl (C=O) groups excluding carboxylic acids is 1. The smallest absolute Gasteiger partial charge is 0.224 e. The molecule has 0 spiro atoms. The fourth-order valence-corrected chi connectivity index (χ4v) is 2.41. The van der Waals surface area contributed by atoms with E-state index in [1.807, 2.05) is 4.90 Å². The summed E-state index contributed by atoms with van der Waals surface area (Å²) in [6.45, 7) is 1.74. The minimum Gasteiger partial charge on any atom is -0.383 e. The van der Waals surface area contributed by atoms with Crippen LogP contribution in [0.5, 0.6) is 0 Å². The number of ether oxygens (including phenoxy) is 2. The molecule has 1 aliphatic rings. The Morgan fingerprint density at radius 1 is 1.47 bits per heavy atom. The van der Waals surface area contributed by atoms with Crippen LogP contribution in [0.3, 0.4) is 0 Å². The predicted molar refractivity (Wildman–Crippen MR) is 67.4 cm³/mol. The molecular weight excluding hydrogens is 248 g/mol. The summed E-state index contributed by atoms with van der Waals surface area (Å²) in [5, 5.41) is 7.56. The van der Waals surface area contributed by atoms with Crippen molar-refractivity contribution in [1.29, 1.82) is 0 Å². The lowest BCUT2D eigenvalue weighted by Crippen LogP contribution is -2.38. The van der Waals surface area contributed by atoms with E-state index in [1.165, 1.54) is 0 Å². The van der Waals surface area contributed by atoms with Crippen LogP contribution in [0.1, 0.15) is 12.8 Å². The number of nitrogens with zero attached hydrogens (tertiary/aromatic N) is 4. The van der Waals surface area contributed by atoms with Crippen molar-refractivity contribution in [1.82, 2.24) is 19.9 Å². The SMILES string of the molecule is COC[C@@H]1C[C@H](OC)CN1C(=O)CCn1ccnn1. The van der Waals surface area contributed by atoms with Gasteiger partial charge in [-0.2, -0.15) is 0 Å². The van der Waals surface area contributed by atoms with Crippen molar-refractivity contribution in [2.75, 3.05) is 27.4 Å². The summed E-state index contributed by atoms with van der Waals surface area (Å²) in [5.41, 5.74) is 0. The topological polar surface area (TPSA) is 69.5 Å². The van der Waals surface area contributed by atoms with Crippen molar-refractivity contribution in [3.63, 3.8) is 0 Å². The van der Waals surface area contributed by atoms with Crippen LogP contribution in [0.15, 0.2) is 12.4 Å². The molecule has 1 amide bonds. The van der Waals surface area contributed by atoms with Gasteiger partial charge >= 0.3 is 0 Å². The number of rotatable bonds is 6. The molecule has 1 aromatic heterocycles. The Bertz CT molecular complexity index is 396. The summed E-state index contributed by atoms with van der Waals surface area (Å²) < 4.78 is 12.2. The molecule has 0 bridgehead atoms. The van der Waals surface area contributed by atoms with Crippen LogP contribution in [0.2, 0.25) is 0 Å². The molecule has 106 valence electrons. The van der Waals surface area contributed by atoms with Gasteiger partial charge in [-0.1, -0.05) is 5.21 Å². The van der Waals surface area contributed by atoms with Crippen LogP contribution < -0.4 is 0 Å². The average molecular weight is 268 g/mol. The Morgan fingerprint density at radius 3 is 2.95 bits per heavy atom. The molecule has 7 nitrogen and oxygen atoms in total. The van der Waals surface area contributed by atoms with Gasteiger partial charge in [0.1, 0.15) is 0 Å². The molecule has 1 saturated heterocycles. The third kappa shape index (κ3) is 3.51. The van der Waals surface area contributed by atoms with Crippen LogP contribution >= 0.6 is 0 Å². The molecule has 1 fully saturated rings. The van der Waals surface area contributed by atoms with Crippen LogP contribution in [0.25, 0.3) is 0 Å². The molecule has 7 heteroatoms. The molecule has 2 heterocycles. The van der Waals surface area contributed by atoms with Gasteiger partial charge in [0.2, 0.25) is 5.91 Å². The third-order valence-electron chi connectivity index (χ3n) is 3.42. The van der Waals surface area contributed by atoms with E-state index >= 15 is 0 Å². The average Bonchev–Trinajstić information content (AvgIpc) is 3.05. The summed E-state index contributed by atoms with van der Waals surface area (Å²) in [5.74, 6) is 0.108. The van der Waals surface area contributed by atoms with Gasteiger partial charge in [0, 0.05) is 33.4 Å². The molecular formula is C12H20N4O3. The standard InChI is InChI=1S/C12H20N4O3/c1-18-9-10-7-11(19-2)8-16(10)12(17)3-5-15-6-4-13-14-15/h4,6,10-11H,3,5,7-9H2,1-2H3/t10-,11-/m0/s1. The second kappa shape index (κ2) is 6.63. The quantitative estimate of drug-likeness (QED) is 0.722. The van der Waals surface area contributed by atoms with E-state index in [2.05, 4.69) is 10.3 Å². The van der Waals surface area contributed by atoms with E-state index < -0.39 is 0 Å². The lowest BCUT2D eigenvalue weighted by Gasteiger charge is -2.23. The predicted octanol–water partition coefficient (Wildman–Crippen LogP) is -0.0695.